The summed E-state index contributed by atoms with van der Waals surface area (Å²) >= 11 is 0. The van der Waals surface area contributed by atoms with Gasteiger partial charge in [-0.05, 0) is 95.6 Å². The molecular weight excluding hydrogens is 401 g/mol. The standard InChI is InChI=1S/C28H32FNO2/c1-17(16-31)11-27(32)19-4-5-22-18(12-19)3-6-24-23(22)9-10-28(2)25(7-8-26(24)28)20-13-21(29)15-30-14-20/h4-5,7,12-15,17,23-24,26,31H,3,6,8-11,16H2,1-2H3/t17-,23-,24-,26+,28-/m1/s1. The summed E-state index contributed by atoms with van der Waals surface area (Å²) in [5.41, 5.74) is 5.83. The molecule has 0 unspecified atom stereocenters. The van der Waals surface area contributed by atoms with Gasteiger partial charge in [-0.2, -0.15) is 0 Å². The molecule has 5 atom stereocenters. The number of aliphatic hydroxyl groups excluding tert-OH is 1. The van der Waals surface area contributed by atoms with Gasteiger partial charge in [0.05, 0.1) is 6.20 Å². The Bertz CT molecular complexity index is 1080. The van der Waals surface area contributed by atoms with Gasteiger partial charge in [-0.25, -0.2) is 4.39 Å². The van der Waals surface area contributed by atoms with Gasteiger partial charge in [-0.15, -0.1) is 0 Å². The Morgan fingerprint density at radius 3 is 2.91 bits per heavy atom. The van der Waals surface area contributed by atoms with Crippen molar-refractivity contribution in [1.29, 1.82) is 0 Å². The van der Waals surface area contributed by atoms with Gasteiger partial charge < -0.3 is 5.11 Å². The molecule has 0 bridgehead atoms. The van der Waals surface area contributed by atoms with Gasteiger partial charge in [0.2, 0.25) is 0 Å². The van der Waals surface area contributed by atoms with Gasteiger partial charge in [0, 0.05) is 24.8 Å². The Hall–Kier alpha value is -2.33. The Morgan fingerprint density at radius 1 is 1.28 bits per heavy atom. The molecule has 168 valence electrons. The number of halogens is 1. The van der Waals surface area contributed by atoms with Crippen LogP contribution in [0, 0.1) is 29.0 Å². The quantitative estimate of drug-likeness (QED) is 0.591. The van der Waals surface area contributed by atoms with Crippen LogP contribution in [0.1, 0.15) is 78.9 Å². The van der Waals surface area contributed by atoms with Crippen LogP contribution in [0.25, 0.3) is 5.57 Å². The van der Waals surface area contributed by atoms with Crippen molar-refractivity contribution < 1.29 is 14.3 Å². The van der Waals surface area contributed by atoms with E-state index in [1.165, 1.54) is 22.9 Å². The summed E-state index contributed by atoms with van der Waals surface area (Å²) in [6, 6.07) is 7.94. The summed E-state index contributed by atoms with van der Waals surface area (Å²) in [5.74, 6) is 1.58. The predicted molar refractivity (Wildman–Crippen MR) is 124 cm³/mol. The normalized spacial score (nSPS) is 29.5. The lowest BCUT2D eigenvalue weighted by atomic mass is 9.54. The topological polar surface area (TPSA) is 50.2 Å². The molecule has 5 rings (SSSR count). The van der Waals surface area contributed by atoms with E-state index in [4.69, 9.17) is 0 Å². The lowest BCUT2D eigenvalue weighted by Crippen LogP contribution is -2.41. The van der Waals surface area contributed by atoms with Gasteiger partial charge in [0.1, 0.15) is 5.82 Å². The number of hydrogen-bond acceptors (Lipinski definition) is 3. The molecule has 3 aliphatic rings. The van der Waals surface area contributed by atoms with E-state index in [9.17, 15) is 14.3 Å². The maximum Gasteiger partial charge on any atom is 0.163 e. The molecule has 1 heterocycles. The number of rotatable bonds is 5. The predicted octanol–water partition coefficient (Wildman–Crippen LogP) is 5.97. The number of aryl methyl sites for hydroxylation is 1. The van der Waals surface area contributed by atoms with Crippen molar-refractivity contribution in [1.82, 2.24) is 4.98 Å². The Kier molecular flexibility index (Phi) is 5.53. The zero-order chi connectivity index (χ0) is 22.5. The molecule has 1 saturated carbocycles. The van der Waals surface area contributed by atoms with Crippen molar-refractivity contribution >= 4 is 11.4 Å². The Labute approximate surface area is 189 Å². The van der Waals surface area contributed by atoms with Crippen molar-refractivity contribution in [3.63, 3.8) is 0 Å². The highest BCUT2D eigenvalue weighted by Crippen LogP contribution is 2.63. The number of allylic oxidation sites excluding steroid dienone is 2. The molecule has 32 heavy (non-hydrogen) atoms. The van der Waals surface area contributed by atoms with Crippen molar-refractivity contribution in [2.75, 3.05) is 6.61 Å². The molecule has 1 N–H and O–H groups in total. The monoisotopic (exact) mass is 433 g/mol. The molecule has 0 aliphatic heterocycles. The van der Waals surface area contributed by atoms with Crippen molar-refractivity contribution in [2.24, 2.45) is 23.2 Å². The smallest absolute Gasteiger partial charge is 0.163 e. The Balaban J connectivity index is 1.39. The molecule has 4 heteroatoms. The number of Topliss-reactive ketones (excluding diaryl/α,β-unsaturated/α-hetero) is 1. The number of fused-ring (bicyclic) bond motifs is 5. The van der Waals surface area contributed by atoms with E-state index in [-0.39, 0.29) is 29.5 Å². The number of benzene rings is 1. The molecule has 1 aromatic heterocycles. The van der Waals surface area contributed by atoms with Crippen LogP contribution in [0.4, 0.5) is 4.39 Å². The average Bonchev–Trinajstić information content (AvgIpc) is 3.15. The van der Waals surface area contributed by atoms with Crippen LogP contribution >= 0.6 is 0 Å². The van der Waals surface area contributed by atoms with Crippen LogP contribution in [0.5, 0.6) is 0 Å². The lowest BCUT2D eigenvalue weighted by Gasteiger charge is -2.50. The van der Waals surface area contributed by atoms with Crippen LogP contribution in [0.15, 0.2) is 42.7 Å². The minimum atomic E-state index is -0.269. The molecule has 0 radical (unpaired) electrons. The number of aromatic nitrogens is 1. The summed E-state index contributed by atoms with van der Waals surface area (Å²) in [6.07, 6.45) is 11.2. The first kappa shape index (κ1) is 21.5. The molecule has 0 spiro atoms. The zero-order valence-corrected chi connectivity index (χ0v) is 19.0. The van der Waals surface area contributed by atoms with E-state index in [0.717, 1.165) is 43.2 Å². The van der Waals surface area contributed by atoms with Gasteiger partial charge in [-0.1, -0.05) is 32.1 Å². The highest BCUT2D eigenvalue weighted by atomic mass is 19.1. The zero-order valence-electron chi connectivity index (χ0n) is 19.0. The van der Waals surface area contributed by atoms with E-state index in [1.54, 1.807) is 12.3 Å². The number of pyridine rings is 1. The molecule has 0 saturated heterocycles. The van der Waals surface area contributed by atoms with Crippen LogP contribution in [0.3, 0.4) is 0 Å². The fraction of sp³-hybridized carbons (Fsp3) is 0.500. The van der Waals surface area contributed by atoms with Crippen molar-refractivity contribution in [3.05, 3.63) is 70.8 Å². The van der Waals surface area contributed by atoms with Gasteiger partial charge in [0.15, 0.2) is 5.78 Å². The summed E-state index contributed by atoms with van der Waals surface area (Å²) < 4.78 is 13.9. The second kappa shape index (κ2) is 8.22. The average molecular weight is 434 g/mol. The highest BCUT2D eigenvalue weighted by molar-refractivity contribution is 5.96. The second-order valence-electron chi connectivity index (χ2n) is 10.4. The first-order valence-electron chi connectivity index (χ1n) is 12.0. The van der Waals surface area contributed by atoms with E-state index in [0.29, 0.717) is 24.2 Å². The maximum atomic E-state index is 13.9. The fourth-order valence-electron chi connectivity index (χ4n) is 6.83. The minimum Gasteiger partial charge on any atom is -0.396 e. The minimum absolute atomic E-state index is 0.00344. The third kappa shape index (κ3) is 3.53. The maximum absolute atomic E-state index is 13.9. The summed E-state index contributed by atoms with van der Waals surface area (Å²) in [6.45, 7) is 4.32. The summed E-state index contributed by atoms with van der Waals surface area (Å²) in [7, 11) is 0. The number of ketones is 1. The molecule has 1 fully saturated rings. The number of aliphatic hydroxyl groups is 1. The van der Waals surface area contributed by atoms with Gasteiger partial charge in [-0.3, -0.25) is 9.78 Å². The fourth-order valence-corrected chi connectivity index (χ4v) is 6.83. The van der Waals surface area contributed by atoms with Crippen molar-refractivity contribution in [3.8, 4) is 0 Å². The first-order chi connectivity index (χ1) is 15.4. The number of nitrogens with zero attached hydrogens (tertiary/aromatic N) is 1. The third-order valence-electron chi connectivity index (χ3n) is 8.49. The van der Waals surface area contributed by atoms with E-state index >= 15 is 0 Å². The van der Waals surface area contributed by atoms with Crippen LogP contribution in [-0.4, -0.2) is 22.5 Å². The van der Waals surface area contributed by atoms with Crippen LogP contribution in [-0.2, 0) is 6.42 Å². The summed E-state index contributed by atoms with van der Waals surface area (Å²) in [4.78, 5) is 16.7. The van der Waals surface area contributed by atoms with Crippen LogP contribution in [0.2, 0.25) is 0 Å². The highest BCUT2D eigenvalue weighted by Gasteiger charge is 2.52. The first-order valence-corrected chi connectivity index (χ1v) is 12.0. The molecule has 1 aromatic carbocycles. The van der Waals surface area contributed by atoms with Crippen molar-refractivity contribution in [2.45, 2.75) is 58.3 Å². The SMILES string of the molecule is C[C@@H](CO)CC(=O)c1ccc2c(c1)CC[C@@H]1[C@@H]2CC[C@]2(C)C(c3cncc(F)c3)=CC[C@@H]12. The molecule has 0 amide bonds. The molecule has 3 aliphatic carbocycles. The third-order valence-corrected chi connectivity index (χ3v) is 8.49. The number of carbonyl (C=O) groups is 1. The Morgan fingerprint density at radius 2 is 2.12 bits per heavy atom. The largest absolute Gasteiger partial charge is 0.396 e. The van der Waals surface area contributed by atoms with Gasteiger partial charge >= 0.3 is 0 Å². The van der Waals surface area contributed by atoms with Gasteiger partial charge in [0.25, 0.3) is 0 Å². The number of carbonyl (C=O) groups excluding carboxylic acids is 1. The lowest BCUT2D eigenvalue weighted by molar-refractivity contribution is 0.0884. The number of hydrogen-bond donors (Lipinski definition) is 1. The second-order valence-corrected chi connectivity index (χ2v) is 10.4. The van der Waals surface area contributed by atoms with Crippen LogP contribution < -0.4 is 0 Å². The molecule has 2 aromatic rings. The summed E-state index contributed by atoms with van der Waals surface area (Å²) in [5, 5.41) is 9.27. The molecule has 3 nitrogen and oxygen atoms in total. The van der Waals surface area contributed by atoms with E-state index < -0.39 is 0 Å². The molecular formula is C28H32FNO2. The van der Waals surface area contributed by atoms with E-state index in [1.807, 2.05) is 13.0 Å². The van der Waals surface area contributed by atoms with E-state index in [2.05, 4.69) is 30.1 Å².